The SMILES string of the molecule is CN=C1NC(F)c2ncnn2-c2cc(ccc2Cl)[C@@H](COC(=O)NC2(C(F)(F)F)CC2)N1C(=O)c1ccc(-n2cnnc2)cc1. The average molecular weight is 647 g/mol. The fourth-order valence-corrected chi connectivity index (χ4v) is 5.07. The summed E-state index contributed by atoms with van der Waals surface area (Å²) in [6, 6.07) is 9.52. The van der Waals surface area contributed by atoms with Crippen LogP contribution >= 0.6 is 11.6 Å². The third kappa shape index (κ3) is 5.65. The summed E-state index contributed by atoms with van der Waals surface area (Å²) in [5.74, 6) is -1.18. The van der Waals surface area contributed by atoms with Crippen LogP contribution in [0, 0.1) is 0 Å². The van der Waals surface area contributed by atoms with Crippen LogP contribution in [-0.4, -0.2) is 77.8 Å². The largest absolute Gasteiger partial charge is 0.447 e. The topological polar surface area (TPSA) is 144 Å². The number of carbonyl (C=O) groups excluding carboxylic acids is 2. The van der Waals surface area contributed by atoms with Crippen LogP contribution in [0.15, 0.2) is 66.4 Å². The molecule has 2 aliphatic rings. The molecule has 1 aliphatic heterocycles. The van der Waals surface area contributed by atoms with Gasteiger partial charge in [0.25, 0.3) is 5.91 Å². The Morgan fingerprint density at radius 3 is 2.51 bits per heavy atom. The molecule has 2 aromatic heterocycles. The summed E-state index contributed by atoms with van der Waals surface area (Å²) in [6.07, 6.45) is -4.60. The van der Waals surface area contributed by atoms with Crippen molar-refractivity contribution in [2.24, 2.45) is 4.99 Å². The van der Waals surface area contributed by atoms with E-state index < -0.39 is 42.7 Å². The lowest BCUT2D eigenvalue weighted by Crippen LogP contribution is -2.51. The molecule has 3 heterocycles. The van der Waals surface area contributed by atoms with Crippen molar-refractivity contribution < 1.29 is 31.9 Å². The first kappa shape index (κ1) is 30.0. The number of aromatic nitrogens is 6. The van der Waals surface area contributed by atoms with Gasteiger partial charge in [-0.15, -0.1) is 10.2 Å². The number of ether oxygens (including phenoxy) is 1. The Hall–Kier alpha value is -5.06. The Balaban J connectivity index is 1.41. The number of nitrogens with one attached hydrogen (secondary N) is 2. The maximum Gasteiger partial charge on any atom is 0.411 e. The predicted octanol–water partition coefficient (Wildman–Crippen LogP) is 4.06. The number of nitrogens with zero attached hydrogens (tertiary/aromatic N) is 8. The fraction of sp³-hybridized carbons (Fsp3) is 0.296. The molecule has 18 heteroatoms. The van der Waals surface area contributed by atoms with Crippen molar-refractivity contribution in [2.75, 3.05) is 13.7 Å². The molecule has 45 heavy (non-hydrogen) atoms. The van der Waals surface area contributed by atoms with Crippen LogP contribution < -0.4 is 10.6 Å². The van der Waals surface area contributed by atoms with E-state index in [0.717, 1.165) is 15.9 Å². The molecule has 1 saturated carbocycles. The summed E-state index contributed by atoms with van der Waals surface area (Å²) in [5.41, 5.74) is -1.10. The molecule has 1 unspecified atom stereocenters. The van der Waals surface area contributed by atoms with Crippen LogP contribution in [-0.2, 0) is 4.74 Å². The highest BCUT2D eigenvalue weighted by Crippen LogP contribution is 2.49. The maximum atomic E-state index is 15.8. The van der Waals surface area contributed by atoms with Gasteiger partial charge in [-0.25, -0.2) is 18.9 Å². The molecule has 0 radical (unpaired) electrons. The molecule has 2 atom stereocenters. The Morgan fingerprint density at radius 2 is 1.87 bits per heavy atom. The second-order valence-corrected chi connectivity index (χ2v) is 10.6. The zero-order valence-electron chi connectivity index (χ0n) is 23.2. The van der Waals surface area contributed by atoms with Crippen LogP contribution in [0.25, 0.3) is 11.4 Å². The molecule has 6 rings (SSSR count). The van der Waals surface area contributed by atoms with Crippen LogP contribution in [0.5, 0.6) is 0 Å². The molecule has 2 amide bonds. The first-order valence-corrected chi connectivity index (χ1v) is 13.8. The van der Waals surface area contributed by atoms with Gasteiger partial charge in [-0.1, -0.05) is 17.7 Å². The number of fused-ring (bicyclic) bond motifs is 4. The van der Waals surface area contributed by atoms with Crippen LogP contribution in [0.1, 0.15) is 46.9 Å². The Kier molecular flexibility index (Phi) is 7.64. The number of carbonyl (C=O) groups is 2. The quantitative estimate of drug-likeness (QED) is 0.244. The van der Waals surface area contributed by atoms with E-state index in [4.69, 9.17) is 16.3 Å². The fourth-order valence-electron chi connectivity index (χ4n) is 4.87. The highest BCUT2D eigenvalue weighted by molar-refractivity contribution is 6.32. The van der Waals surface area contributed by atoms with Crippen molar-refractivity contribution in [3.05, 3.63) is 83.4 Å². The molecule has 2 aromatic carbocycles. The first-order chi connectivity index (χ1) is 21.5. The molecule has 234 valence electrons. The van der Waals surface area contributed by atoms with Crippen LogP contribution in [0.2, 0.25) is 5.02 Å². The second-order valence-electron chi connectivity index (χ2n) is 10.2. The molecule has 1 aliphatic carbocycles. The van der Waals surface area contributed by atoms with Gasteiger partial charge in [0.2, 0.25) is 12.3 Å². The van der Waals surface area contributed by atoms with Gasteiger partial charge in [-0.05, 0) is 54.8 Å². The third-order valence-electron chi connectivity index (χ3n) is 7.45. The molecule has 2 N–H and O–H groups in total. The molecular weight excluding hydrogens is 624 g/mol. The first-order valence-electron chi connectivity index (χ1n) is 13.4. The summed E-state index contributed by atoms with van der Waals surface area (Å²) in [5, 5.41) is 16.2. The number of aliphatic imine (C=N–C) groups is 1. The number of rotatable bonds is 5. The number of halogens is 5. The summed E-state index contributed by atoms with van der Waals surface area (Å²) in [7, 11) is 1.30. The summed E-state index contributed by atoms with van der Waals surface area (Å²) in [4.78, 5) is 36.0. The standard InChI is InChI=1S/C27H23ClF4N10O3/c1-33-24-38-21(29)22-34-12-37-42(22)19-10-16(4-7-18(19)28)20(11-45-25(44)39-26(8-9-26)27(30,31)32)41(24)23(43)15-2-5-17(6-3-15)40-13-35-36-14-40/h2-7,10,12-14,20-21H,8-9,11H2,1H3,(H,33,38)(H,39,44)/t20-,21?/m1/s1. The lowest BCUT2D eigenvalue weighted by molar-refractivity contribution is -0.164. The highest BCUT2D eigenvalue weighted by Gasteiger charge is 2.64. The number of hydrogen-bond acceptors (Lipinski definition) is 8. The Bertz CT molecular complexity index is 1760. The summed E-state index contributed by atoms with van der Waals surface area (Å²) in [6.45, 7) is -0.646. The predicted molar refractivity (Wildman–Crippen MR) is 149 cm³/mol. The summed E-state index contributed by atoms with van der Waals surface area (Å²) >= 11 is 6.44. The van der Waals surface area contributed by atoms with Crippen molar-refractivity contribution in [3.8, 4) is 11.4 Å². The average Bonchev–Trinajstić information content (AvgIpc) is 3.39. The van der Waals surface area contributed by atoms with Gasteiger partial charge in [0.1, 0.15) is 31.1 Å². The maximum absolute atomic E-state index is 15.8. The zero-order valence-corrected chi connectivity index (χ0v) is 24.0. The van der Waals surface area contributed by atoms with Gasteiger partial charge >= 0.3 is 12.3 Å². The van der Waals surface area contributed by atoms with E-state index in [1.807, 2.05) is 5.32 Å². The minimum Gasteiger partial charge on any atom is -0.447 e. The van der Waals surface area contributed by atoms with Crippen molar-refractivity contribution in [1.29, 1.82) is 0 Å². The number of hydrogen-bond donors (Lipinski definition) is 2. The van der Waals surface area contributed by atoms with E-state index in [9.17, 15) is 22.8 Å². The molecule has 0 spiro atoms. The van der Waals surface area contributed by atoms with E-state index in [0.29, 0.717) is 11.3 Å². The molecule has 2 bridgehead atoms. The molecule has 4 aromatic rings. The van der Waals surface area contributed by atoms with Crippen LogP contribution in [0.3, 0.4) is 0 Å². The van der Waals surface area contributed by atoms with Gasteiger partial charge in [0, 0.05) is 18.3 Å². The summed E-state index contributed by atoms with van der Waals surface area (Å²) < 4.78 is 64.3. The number of alkyl halides is 4. The van der Waals surface area contributed by atoms with Gasteiger partial charge in [0.05, 0.1) is 16.8 Å². The van der Waals surface area contributed by atoms with Crippen molar-refractivity contribution in [2.45, 2.75) is 36.9 Å². The number of guanidine groups is 1. The second kappa shape index (κ2) is 11.5. The third-order valence-corrected chi connectivity index (χ3v) is 7.77. The normalized spacial score (nSPS) is 19.8. The van der Waals surface area contributed by atoms with E-state index in [-0.39, 0.29) is 40.9 Å². The molecule has 0 saturated heterocycles. The van der Waals surface area contributed by atoms with Gasteiger partial charge in [-0.3, -0.25) is 19.3 Å². The highest BCUT2D eigenvalue weighted by atomic mass is 35.5. The van der Waals surface area contributed by atoms with Crippen molar-refractivity contribution in [1.82, 2.24) is 45.1 Å². The lowest BCUT2D eigenvalue weighted by Gasteiger charge is -2.34. The molecule has 13 nitrogen and oxygen atoms in total. The van der Waals surface area contributed by atoms with Crippen LogP contribution in [0.4, 0.5) is 22.4 Å². The number of alkyl carbamates (subject to hydrolysis) is 1. The Morgan fingerprint density at radius 1 is 1.16 bits per heavy atom. The van der Waals surface area contributed by atoms with E-state index >= 15 is 4.39 Å². The zero-order chi connectivity index (χ0) is 31.9. The Labute approximate surface area is 256 Å². The monoisotopic (exact) mass is 646 g/mol. The van der Waals surface area contributed by atoms with Gasteiger partial charge in [0.15, 0.2) is 5.82 Å². The molecule has 1 fully saturated rings. The van der Waals surface area contributed by atoms with Crippen molar-refractivity contribution in [3.63, 3.8) is 0 Å². The van der Waals surface area contributed by atoms with E-state index in [2.05, 4.69) is 30.6 Å². The van der Waals surface area contributed by atoms with Crippen molar-refractivity contribution >= 4 is 29.6 Å². The number of amides is 2. The van der Waals surface area contributed by atoms with E-state index in [1.54, 1.807) is 16.7 Å². The smallest absolute Gasteiger partial charge is 0.411 e. The lowest BCUT2D eigenvalue weighted by atomic mass is 10.0. The van der Waals surface area contributed by atoms with E-state index in [1.165, 1.54) is 50.0 Å². The molecular formula is C27H23ClF4N10O3. The van der Waals surface area contributed by atoms with Gasteiger partial charge < -0.3 is 15.4 Å². The van der Waals surface area contributed by atoms with Gasteiger partial charge in [-0.2, -0.15) is 18.3 Å². The minimum atomic E-state index is -4.67. The number of benzene rings is 2. The minimum absolute atomic E-state index is 0.128.